The van der Waals surface area contributed by atoms with Gasteiger partial charge in [-0.1, -0.05) is 23.2 Å². The third-order valence-corrected chi connectivity index (χ3v) is 3.38. The average molecular weight is 367 g/mol. The molecule has 0 unspecified atom stereocenters. The molecule has 0 radical (unpaired) electrons. The second kappa shape index (κ2) is 10.1. The lowest BCUT2D eigenvalue weighted by molar-refractivity contribution is 0.0936. The number of furan rings is 1. The van der Waals surface area contributed by atoms with E-state index in [1.165, 1.54) is 0 Å². The number of halogens is 3. The lowest BCUT2D eigenvalue weighted by atomic mass is 10.2. The molecule has 0 amide bonds. The van der Waals surface area contributed by atoms with Gasteiger partial charge in [-0.2, -0.15) is 0 Å². The Bertz CT molecular complexity index is 575. The predicted molar refractivity (Wildman–Crippen MR) is 91.0 cm³/mol. The van der Waals surface area contributed by atoms with Crippen molar-refractivity contribution in [2.45, 2.75) is 6.54 Å². The molecule has 0 aliphatic rings. The van der Waals surface area contributed by atoms with E-state index in [4.69, 9.17) is 37.5 Å². The molecule has 0 aliphatic carbocycles. The number of ether oxygens (including phenoxy) is 1. The predicted octanol–water partition coefficient (Wildman–Crippen LogP) is 3.77. The lowest BCUT2D eigenvalue weighted by Gasteiger charge is -2.04. The summed E-state index contributed by atoms with van der Waals surface area (Å²) in [5, 5.41) is 13.0. The van der Waals surface area contributed by atoms with Crippen LogP contribution in [0.1, 0.15) is 5.76 Å². The van der Waals surface area contributed by atoms with Gasteiger partial charge >= 0.3 is 0 Å². The van der Waals surface area contributed by atoms with Gasteiger partial charge in [-0.25, -0.2) is 0 Å². The number of aliphatic hydroxyl groups excluding tert-OH is 1. The molecule has 0 aliphatic heterocycles. The van der Waals surface area contributed by atoms with Crippen LogP contribution in [-0.4, -0.2) is 31.5 Å². The Kier molecular flexibility index (Phi) is 8.86. The first-order valence-electron chi connectivity index (χ1n) is 6.64. The fourth-order valence-electron chi connectivity index (χ4n) is 1.83. The zero-order valence-electron chi connectivity index (χ0n) is 11.9. The van der Waals surface area contributed by atoms with Gasteiger partial charge in [-0.15, -0.1) is 12.4 Å². The van der Waals surface area contributed by atoms with E-state index >= 15 is 0 Å². The minimum atomic E-state index is 0. The smallest absolute Gasteiger partial charge is 0.135 e. The van der Waals surface area contributed by atoms with Crippen molar-refractivity contribution in [3.63, 3.8) is 0 Å². The van der Waals surface area contributed by atoms with Crippen molar-refractivity contribution in [2.24, 2.45) is 0 Å². The Morgan fingerprint density at radius 3 is 2.73 bits per heavy atom. The highest BCUT2D eigenvalue weighted by Gasteiger charge is 2.09. The Morgan fingerprint density at radius 2 is 1.95 bits per heavy atom. The molecule has 0 saturated carbocycles. The maximum Gasteiger partial charge on any atom is 0.135 e. The van der Waals surface area contributed by atoms with E-state index in [1.807, 2.05) is 12.1 Å². The van der Waals surface area contributed by atoms with E-state index in [-0.39, 0.29) is 19.0 Å². The molecular formula is C15H18Cl3NO3. The molecule has 1 heterocycles. The molecule has 1 aromatic carbocycles. The van der Waals surface area contributed by atoms with Crippen LogP contribution in [0.2, 0.25) is 10.0 Å². The molecular weight excluding hydrogens is 349 g/mol. The van der Waals surface area contributed by atoms with E-state index in [2.05, 4.69) is 5.32 Å². The van der Waals surface area contributed by atoms with E-state index in [1.54, 1.807) is 18.2 Å². The first kappa shape index (κ1) is 19.3. The van der Waals surface area contributed by atoms with Gasteiger partial charge in [0.15, 0.2) is 0 Å². The first-order valence-corrected chi connectivity index (χ1v) is 7.40. The lowest BCUT2D eigenvalue weighted by Crippen LogP contribution is -2.19. The van der Waals surface area contributed by atoms with Crippen LogP contribution in [0.25, 0.3) is 11.3 Å². The molecule has 1 aromatic heterocycles. The van der Waals surface area contributed by atoms with Gasteiger partial charge < -0.3 is 19.6 Å². The summed E-state index contributed by atoms with van der Waals surface area (Å²) >= 11 is 12.1. The normalized spacial score (nSPS) is 10.5. The molecule has 0 bridgehead atoms. The average Bonchev–Trinajstić information content (AvgIpc) is 2.94. The van der Waals surface area contributed by atoms with Gasteiger partial charge in [-0.05, 0) is 30.3 Å². The Labute approximate surface area is 145 Å². The van der Waals surface area contributed by atoms with Crippen LogP contribution in [-0.2, 0) is 11.3 Å². The quantitative estimate of drug-likeness (QED) is 0.698. The number of hydrogen-bond acceptors (Lipinski definition) is 4. The van der Waals surface area contributed by atoms with Crippen LogP contribution in [0.5, 0.6) is 0 Å². The molecule has 0 saturated heterocycles. The number of hydrogen-bond donors (Lipinski definition) is 2. The highest BCUT2D eigenvalue weighted by atomic mass is 35.5. The molecule has 122 valence electrons. The zero-order valence-corrected chi connectivity index (χ0v) is 14.2. The van der Waals surface area contributed by atoms with Crippen LogP contribution in [0.15, 0.2) is 34.7 Å². The summed E-state index contributed by atoms with van der Waals surface area (Å²) in [6.45, 7) is 2.24. The van der Waals surface area contributed by atoms with E-state index in [9.17, 15) is 0 Å². The summed E-state index contributed by atoms with van der Waals surface area (Å²) in [6, 6.07) is 9.04. The van der Waals surface area contributed by atoms with Crippen molar-refractivity contribution in [1.29, 1.82) is 0 Å². The largest absolute Gasteiger partial charge is 0.460 e. The standard InChI is InChI=1S/C15H17Cl2NO3.ClH/c16-11-1-3-14(17)13(9-11)15-4-2-12(21-15)10-18-5-7-20-8-6-19;/h1-4,9,18-19H,5-8,10H2;1H. The van der Waals surface area contributed by atoms with Crippen molar-refractivity contribution in [3.05, 3.63) is 46.1 Å². The Morgan fingerprint density at radius 1 is 1.14 bits per heavy atom. The topological polar surface area (TPSA) is 54.6 Å². The minimum absolute atomic E-state index is 0. The number of rotatable bonds is 8. The summed E-state index contributed by atoms with van der Waals surface area (Å²) in [5.41, 5.74) is 0.779. The van der Waals surface area contributed by atoms with Crippen LogP contribution in [0.4, 0.5) is 0 Å². The summed E-state index contributed by atoms with van der Waals surface area (Å²) < 4.78 is 10.9. The van der Waals surface area contributed by atoms with Gasteiger partial charge in [-0.3, -0.25) is 0 Å². The molecule has 0 spiro atoms. The maximum atomic E-state index is 8.57. The third-order valence-electron chi connectivity index (χ3n) is 2.81. The van der Waals surface area contributed by atoms with Crippen LogP contribution >= 0.6 is 35.6 Å². The van der Waals surface area contributed by atoms with E-state index < -0.39 is 0 Å². The molecule has 2 N–H and O–H groups in total. The van der Waals surface area contributed by atoms with Crippen LogP contribution < -0.4 is 5.32 Å². The molecule has 7 heteroatoms. The monoisotopic (exact) mass is 365 g/mol. The molecule has 4 nitrogen and oxygen atoms in total. The van der Waals surface area contributed by atoms with Gasteiger partial charge in [0.2, 0.25) is 0 Å². The van der Waals surface area contributed by atoms with E-state index in [0.717, 1.165) is 11.3 Å². The molecule has 0 fully saturated rings. The summed E-state index contributed by atoms with van der Waals surface area (Å²) in [5.74, 6) is 1.50. The Balaban J connectivity index is 0.00000242. The van der Waals surface area contributed by atoms with Gasteiger partial charge in [0, 0.05) is 17.1 Å². The van der Waals surface area contributed by atoms with Crippen molar-refractivity contribution >= 4 is 35.6 Å². The number of aliphatic hydroxyl groups is 1. The summed E-state index contributed by atoms with van der Waals surface area (Å²) in [4.78, 5) is 0. The Hall–Kier alpha value is -0.750. The second-order valence-corrected chi connectivity index (χ2v) is 5.25. The van der Waals surface area contributed by atoms with Crippen molar-refractivity contribution in [2.75, 3.05) is 26.4 Å². The van der Waals surface area contributed by atoms with E-state index in [0.29, 0.717) is 42.1 Å². The summed E-state index contributed by atoms with van der Waals surface area (Å²) in [6.07, 6.45) is 0. The molecule has 2 rings (SSSR count). The summed E-state index contributed by atoms with van der Waals surface area (Å²) in [7, 11) is 0. The zero-order chi connectivity index (χ0) is 15.1. The minimum Gasteiger partial charge on any atom is -0.460 e. The maximum absolute atomic E-state index is 8.57. The van der Waals surface area contributed by atoms with Gasteiger partial charge in [0.25, 0.3) is 0 Å². The third kappa shape index (κ3) is 5.80. The highest BCUT2D eigenvalue weighted by Crippen LogP contribution is 2.31. The molecule has 2 aromatic rings. The van der Waals surface area contributed by atoms with Gasteiger partial charge in [0.05, 0.1) is 31.4 Å². The fraction of sp³-hybridized carbons (Fsp3) is 0.333. The van der Waals surface area contributed by atoms with Crippen LogP contribution in [0.3, 0.4) is 0 Å². The first-order chi connectivity index (χ1) is 10.2. The number of benzene rings is 1. The van der Waals surface area contributed by atoms with Gasteiger partial charge in [0.1, 0.15) is 11.5 Å². The fourth-order valence-corrected chi connectivity index (χ4v) is 2.21. The van der Waals surface area contributed by atoms with Crippen molar-refractivity contribution < 1.29 is 14.3 Å². The van der Waals surface area contributed by atoms with Crippen molar-refractivity contribution in [3.8, 4) is 11.3 Å². The van der Waals surface area contributed by atoms with Crippen LogP contribution in [0, 0.1) is 0 Å². The highest BCUT2D eigenvalue weighted by molar-refractivity contribution is 6.35. The SMILES string of the molecule is Cl.OCCOCCNCc1ccc(-c2cc(Cl)ccc2Cl)o1. The second-order valence-electron chi connectivity index (χ2n) is 4.40. The molecule has 22 heavy (non-hydrogen) atoms. The number of nitrogens with one attached hydrogen (secondary N) is 1. The molecule has 0 atom stereocenters. The van der Waals surface area contributed by atoms with Crippen molar-refractivity contribution in [1.82, 2.24) is 5.32 Å².